The Hall–Kier alpha value is -2.58. The first-order valence-electron chi connectivity index (χ1n) is 7.95. The second kappa shape index (κ2) is 9.21. The molecule has 6 nitrogen and oxygen atoms in total. The maximum absolute atomic E-state index is 12.6. The minimum atomic E-state index is 0.00129. The number of carbonyl (C=O) groups is 1. The Labute approximate surface area is 159 Å². The van der Waals surface area contributed by atoms with Gasteiger partial charge in [-0.2, -0.15) is 0 Å². The van der Waals surface area contributed by atoms with E-state index in [0.29, 0.717) is 18.2 Å². The molecule has 1 N–H and O–H groups in total. The van der Waals surface area contributed by atoms with Crippen LogP contribution in [0.3, 0.4) is 0 Å². The topological polar surface area (TPSA) is 71.3 Å². The van der Waals surface area contributed by atoms with Crippen molar-refractivity contribution in [1.29, 1.82) is 0 Å². The van der Waals surface area contributed by atoms with Crippen molar-refractivity contribution in [2.24, 2.45) is 0 Å². The van der Waals surface area contributed by atoms with Crippen molar-refractivity contribution < 1.29 is 9.21 Å². The number of amides is 1. The summed E-state index contributed by atoms with van der Waals surface area (Å²) in [7, 11) is 0. The molecule has 0 unspecified atom stereocenters. The average molecular weight is 387 g/mol. The highest BCUT2D eigenvalue weighted by Crippen LogP contribution is 2.26. The van der Waals surface area contributed by atoms with Crippen molar-refractivity contribution in [3.8, 4) is 0 Å². The van der Waals surface area contributed by atoms with Crippen LogP contribution in [0.15, 0.2) is 70.1 Å². The van der Waals surface area contributed by atoms with Crippen LogP contribution in [0, 0.1) is 0 Å². The van der Waals surface area contributed by atoms with Crippen LogP contribution in [0.4, 0.5) is 10.8 Å². The number of rotatable bonds is 9. The third-order valence-electron chi connectivity index (χ3n) is 3.40. The molecule has 3 rings (SSSR count). The Balaban J connectivity index is 1.54. The van der Waals surface area contributed by atoms with Crippen molar-refractivity contribution >= 4 is 39.8 Å². The maximum atomic E-state index is 12.6. The normalized spacial score (nSPS) is 10.5. The monoisotopic (exact) mass is 386 g/mol. The number of nitrogens with one attached hydrogen (secondary N) is 1. The van der Waals surface area contributed by atoms with Gasteiger partial charge < -0.3 is 14.6 Å². The van der Waals surface area contributed by atoms with Crippen LogP contribution in [-0.4, -0.2) is 28.4 Å². The fourth-order valence-corrected chi connectivity index (χ4v) is 3.83. The highest BCUT2D eigenvalue weighted by atomic mass is 32.2. The molecule has 26 heavy (non-hydrogen) atoms. The Bertz CT molecular complexity index is 834. The van der Waals surface area contributed by atoms with Crippen LogP contribution in [-0.2, 0) is 11.3 Å². The predicted octanol–water partition coefficient (Wildman–Crippen LogP) is 4.05. The van der Waals surface area contributed by atoms with Crippen molar-refractivity contribution in [2.75, 3.05) is 22.5 Å². The van der Waals surface area contributed by atoms with Crippen LogP contribution in [0.2, 0.25) is 0 Å². The highest BCUT2D eigenvalue weighted by Gasteiger charge is 2.16. The van der Waals surface area contributed by atoms with Gasteiger partial charge in [0.05, 0.1) is 18.6 Å². The van der Waals surface area contributed by atoms with E-state index in [2.05, 4.69) is 22.1 Å². The lowest BCUT2D eigenvalue weighted by atomic mass is 10.3. The van der Waals surface area contributed by atoms with E-state index >= 15 is 0 Å². The van der Waals surface area contributed by atoms with Crippen molar-refractivity contribution in [3.05, 3.63) is 67.1 Å². The van der Waals surface area contributed by atoms with E-state index in [9.17, 15) is 4.79 Å². The van der Waals surface area contributed by atoms with Crippen molar-refractivity contribution in [2.45, 2.75) is 10.9 Å². The van der Waals surface area contributed by atoms with Gasteiger partial charge in [0.15, 0.2) is 4.34 Å². The Morgan fingerprint density at radius 1 is 1.27 bits per heavy atom. The lowest BCUT2D eigenvalue weighted by Gasteiger charge is -2.20. The predicted molar refractivity (Wildman–Crippen MR) is 106 cm³/mol. The molecule has 0 fully saturated rings. The van der Waals surface area contributed by atoms with E-state index in [1.54, 1.807) is 17.2 Å². The minimum Gasteiger partial charge on any atom is -0.467 e. The summed E-state index contributed by atoms with van der Waals surface area (Å²) in [5.74, 6) is 1.11. The summed E-state index contributed by atoms with van der Waals surface area (Å²) < 4.78 is 6.01. The molecular formula is C18H18N4O2S2. The van der Waals surface area contributed by atoms with Crippen molar-refractivity contribution in [1.82, 2.24) is 10.2 Å². The number of benzene rings is 1. The fraction of sp³-hybridized carbons (Fsp3) is 0.167. The van der Waals surface area contributed by atoms with Crippen LogP contribution in [0.25, 0.3) is 0 Å². The molecule has 2 aromatic heterocycles. The molecule has 0 saturated heterocycles. The quantitative estimate of drug-likeness (QED) is 0.442. The summed E-state index contributed by atoms with van der Waals surface area (Å²) in [6, 6.07) is 13.3. The molecule has 1 amide bonds. The first kappa shape index (κ1) is 18.2. The van der Waals surface area contributed by atoms with Crippen LogP contribution >= 0.6 is 23.1 Å². The lowest BCUT2D eigenvalue weighted by molar-refractivity contribution is -0.116. The van der Waals surface area contributed by atoms with E-state index in [1.807, 2.05) is 42.5 Å². The van der Waals surface area contributed by atoms with Gasteiger partial charge in [-0.05, 0) is 24.3 Å². The van der Waals surface area contributed by atoms with Crippen LogP contribution < -0.4 is 10.2 Å². The Kier molecular flexibility index (Phi) is 6.45. The second-order valence-electron chi connectivity index (χ2n) is 5.22. The number of nitrogens with zero attached hydrogens (tertiary/aromatic N) is 3. The molecule has 0 saturated carbocycles. The summed E-state index contributed by atoms with van der Waals surface area (Å²) in [5, 5.41) is 12.1. The van der Waals surface area contributed by atoms with Gasteiger partial charge in [0.2, 0.25) is 11.0 Å². The number of para-hydroxylation sites is 1. The van der Waals surface area contributed by atoms with E-state index in [1.165, 1.54) is 23.1 Å². The van der Waals surface area contributed by atoms with Gasteiger partial charge in [0.1, 0.15) is 5.76 Å². The minimum absolute atomic E-state index is 0.00129. The SMILES string of the molecule is C=CCN(C(=O)CSc1nnc(NCc2ccco2)s1)c1ccccc1. The summed E-state index contributed by atoms with van der Waals surface area (Å²) in [5.41, 5.74) is 0.857. The molecule has 3 aromatic rings. The molecule has 0 bridgehead atoms. The zero-order valence-corrected chi connectivity index (χ0v) is 15.6. The molecule has 8 heteroatoms. The van der Waals surface area contributed by atoms with Gasteiger partial charge in [0.25, 0.3) is 0 Å². The molecule has 0 atom stereocenters. The summed E-state index contributed by atoms with van der Waals surface area (Å²) in [6.07, 6.45) is 3.35. The average Bonchev–Trinajstić information content (AvgIpc) is 3.35. The third kappa shape index (κ3) is 4.96. The largest absolute Gasteiger partial charge is 0.467 e. The molecule has 2 heterocycles. The fourth-order valence-electron chi connectivity index (χ4n) is 2.21. The number of thioether (sulfide) groups is 1. The second-order valence-corrected chi connectivity index (χ2v) is 7.42. The molecule has 0 radical (unpaired) electrons. The number of anilines is 2. The number of hydrogen-bond acceptors (Lipinski definition) is 7. The van der Waals surface area contributed by atoms with Gasteiger partial charge in [-0.1, -0.05) is 47.4 Å². The standard InChI is InChI=1S/C18H18N4O2S2/c1-2-10-22(14-7-4-3-5-8-14)16(23)13-25-18-21-20-17(26-18)19-12-15-9-6-11-24-15/h2-9,11H,1,10,12-13H2,(H,19,20). The molecular weight excluding hydrogens is 368 g/mol. The van der Waals surface area contributed by atoms with E-state index in [4.69, 9.17) is 4.42 Å². The van der Waals surface area contributed by atoms with Gasteiger partial charge in [-0.15, -0.1) is 16.8 Å². The summed E-state index contributed by atoms with van der Waals surface area (Å²) in [4.78, 5) is 14.3. The maximum Gasteiger partial charge on any atom is 0.237 e. The lowest BCUT2D eigenvalue weighted by Crippen LogP contribution is -2.32. The molecule has 134 valence electrons. The molecule has 0 spiro atoms. The Morgan fingerprint density at radius 2 is 2.12 bits per heavy atom. The molecule has 1 aromatic carbocycles. The third-order valence-corrected chi connectivity index (χ3v) is 5.40. The van der Waals surface area contributed by atoms with Gasteiger partial charge in [-0.3, -0.25) is 4.79 Å². The summed E-state index contributed by atoms with van der Waals surface area (Å²) in [6.45, 7) is 4.75. The first-order chi connectivity index (χ1) is 12.8. The highest BCUT2D eigenvalue weighted by molar-refractivity contribution is 8.01. The van der Waals surface area contributed by atoms with Gasteiger partial charge >= 0.3 is 0 Å². The smallest absolute Gasteiger partial charge is 0.237 e. The van der Waals surface area contributed by atoms with Crippen LogP contribution in [0.1, 0.15) is 5.76 Å². The van der Waals surface area contributed by atoms with E-state index in [0.717, 1.165) is 15.8 Å². The van der Waals surface area contributed by atoms with E-state index < -0.39 is 0 Å². The van der Waals surface area contributed by atoms with Crippen LogP contribution in [0.5, 0.6) is 0 Å². The zero-order chi connectivity index (χ0) is 18.2. The van der Waals surface area contributed by atoms with Crippen molar-refractivity contribution in [3.63, 3.8) is 0 Å². The first-order valence-corrected chi connectivity index (χ1v) is 9.75. The molecule has 0 aliphatic heterocycles. The van der Waals surface area contributed by atoms with Gasteiger partial charge in [-0.25, -0.2) is 0 Å². The Morgan fingerprint density at radius 3 is 2.85 bits per heavy atom. The zero-order valence-electron chi connectivity index (χ0n) is 14.0. The molecule has 0 aliphatic rings. The van der Waals surface area contributed by atoms with E-state index in [-0.39, 0.29) is 11.7 Å². The molecule has 0 aliphatic carbocycles. The number of furan rings is 1. The summed E-state index contributed by atoms with van der Waals surface area (Å²) >= 11 is 2.79. The number of aromatic nitrogens is 2. The number of carbonyl (C=O) groups excluding carboxylic acids is 1. The van der Waals surface area contributed by atoms with Gasteiger partial charge in [0, 0.05) is 12.2 Å². The number of hydrogen-bond donors (Lipinski definition) is 1.